The summed E-state index contributed by atoms with van der Waals surface area (Å²) in [6.07, 6.45) is 0.775. The number of rotatable bonds is 13. The van der Waals surface area contributed by atoms with Gasteiger partial charge in [0.15, 0.2) is 0 Å². The molecule has 0 unspecified atom stereocenters. The number of benzene rings is 3. The van der Waals surface area contributed by atoms with Crippen LogP contribution in [-0.4, -0.2) is 47.7 Å². The first-order valence-corrected chi connectivity index (χ1v) is 13.4. The number of likely N-dealkylation sites (N-methyl/N-ethyl adjacent to an activating group) is 1. The molecule has 200 valence electrons. The molecule has 0 fully saturated rings. The molecule has 0 aliphatic heterocycles. The third kappa shape index (κ3) is 8.29. The molecule has 39 heavy (non-hydrogen) atoms. The van der Waals surface area contributed by atoms with Crippen molar-refractivity contribution in [2.45, 2.75) is 27.2 Å². The highest BCUT2D eigenvalue weighted by atomic mass is 16.5. The van der Waals surface area contributed by atoms with Crippen LogP contribution in [0.4, 0.5) is 11.6 Å². The summed E-state index contributed by atoms with van der Waals surface area (Å²) in [5.74, 6) is 2.19. The second-order valence-electron chi connectivity index (χ2n) is 9.17. The summed E-state index contributed by atoms with van der Waals surface area (Å²) in [6, 6.07) is 27.5. The van der Waals surface area contributed by atoms with Gasteiger partial charge in [-0.3, -0.25) is 0 Å². The van der Waals surface area contributed by atoms with Crippen molar-refractivity contribution in [3.8, 4) is 28.8 Å². The molecule has 0 atom stereocenters. The predicted octanol–water partition coefficient (Wildman–Crippen LogP) is 6.41. The van der Waals surface area contributed by atoms with Crippen LogP contribution in [0.15, 0.2) is 78.9 Å². The molecule has 1 heterocycles. The van der Waals surface area contributed by atoms with E-state index in [4.69, 9.17) is 19.7 Å². The van der Waals surface area contributed by atoms with Gasteiger partial charge in [0.1, 0.15) is 18.1 Å². The molecule has 3 aromatic carbocycles. The first-order valence-electron chi connectivity index (χ1n) is 13.4. The standard InChI is InChI=1S/C32H35N5O2/c1-4-37(5-2)19-21-39-30-16-12-28(13-17-30)35-32-34-24(3)22-31(36-32)27-10-14-29(15-11-27)38-20-18-25-6-8-26(23-33)9-7-25/h6-17,22H,4-5,18-21H2,1-3H3,(H,34,35,36). The largest absolute Gasteiger partial charge is 0.493 e. The number of nitrogens with one attached hydrogen (secondary N) is 1. The molecule has 1 aromatic heterocycles. The topological polar surface area (TPSA) is 83.3 Å². The van der Waals surface area contributed by atoms with E-state index in [9.17, 15) is 0 Å². The average Bonchev–Trinajstić information content (AvgIpc) is 2.97. The van der Waals surface area contributed by atoms with Crippen LogP contribution in [0.1, 0.15) is 30.7 Å². The highest BCUT2D eigenvalue weighted by Gasteiger charge is 2.07. The maximum atomic E-state index is 8.92. The summed E-state index contributed by atoms with van der Waals surface area (Å²) in [4.78, 5) is 11.6. The molecule has 7 nitrogen and oxygen atoms in total. The van der Waals surface area contributed by atoms with E-state index in [0.29, 0.717) is 24.7 Å². The molecule has 4 rings (SSSR count). The van der Waals surface area contributed by atoms with Crippen LogP contribution in [0.3, 0.4) is 0 Å². The van der Waals surface area contributed by atoms with Crippen LogP contribution >= 0.6 is 0 Å². The number of aryl methyl sites for hydroxylation is 1. The Morgan fingerprint density at radius 2 is 1.46 bits per heavy atom. The fourth-order valence-corrected chi connectivity index (χ4v) is 4.12. The van der Waals surface area contributed by atoms with Crippen molar-refractivity contribution < 1.29 is 9.47 Å². The Morgan fingerprint density at radius 1 is 0.821 bits per heavy atom. The molecule has 0 aliphatic carbocycles. The molecule has 0 spiro atoms. The Balaban J connectivity index is 1.32. The van der Waals surface area contributed by atoms with Crippen LogP contribution in [0, 0.1) is 18.3 Å². The maximum absolute atomic E-state index is 8.92. The summed E-state index contributed by atoms with van der Waals surface area (Å²) < 4.78 is 11.8. The Morgan fingerprint density at radius 3 is 2.10 bits per heavy atom. The summed E-state index contributed by atoms with van der Waals surface area (Å²) in [5, 5.41) is 12.2. The Labute approximate surface area is 231 Å². The van der Waals surface area contributed by atoms with Crippen LogP contribution in [0.2, 0.25) is 0 Å². The molecule has 7 heteroatoms. The summed E-state index contributed by atoms with van der Waals surface area (Å²) in [6.45, 7) is 10.5. The fraction of sp³-hybridized carbons (Fsp3) is 0.281. The van der Waals surface area contributed by atoms with Crippen molar-refractivity contribution in [2.75, 3.05) is 38.2 Å². The fourth-order valence-electron chi connectivity index (χ4n) is 4.12. The highest BCUT2D eigenvalue weighted by molar-refractivity contribution is 5.63. The third-order valence-electron chi connectivity index (χ3n) is 6.43. The van der Waals surface area contributed by atoms with Gasteiger partial charge in [0.25, 0.3) is 0 Å². The van der Waals surface area contributed by atoms with Gasteiger partial charge in [0.2, 0.25) is 5.95 Å². The van der Waals surface area contributed by atoms with Crippen LogP contribution in [-0.2, 0) is 6.42 Å². The van der Waals surface area contributed by atoms with Gasteiger partial charge in [-0.05, 0) is 92.3 Å². The van der Waals surface area contributed by atoms with Gasteiger partial charge in [-0.1, -0.05) is 26.0 Å². The molecule has 0 aliphatic rings. The Kier molecular flexibility index (Phi) is 9.87. The SMILES string of the molecule is CCN(CC)CCOc1ccc(Nc2nc(C)cc(-c3ccc(OCCc4ccc(C#N)cc4)cc3)n2)cc1. The van der Waals surface area contributed by atoms with Gasteiger partial charge in [0.05, 0.1) is 23.9 Å². The predicted molar refractivity (Wildman–Crippen MR) is 156 cm³/mol. The normalized spacial score (nSPS) is 10.7. The van der Waals surface area contributed by atoms with Crippen molar-refractivity contribution in [2.24, 2.45) is 0 Å². The lowest BCUT2D eigenvalue weighted by Gasteiger charge is -2.18. The molecule has 0 bridgehead atoms. The Bertz CT molecular complexity index is 1360. The van der Waals surface area contributed by atoms with Gasteiger partial charge in [-0.25, -0.2) is 9.97 Å². The zero-order valence-corrected chi connectivity index (χ0v) is 22.9. The van der Waals surface area contributed by atoms with E-state index in [2.05, 4.69) is 35.1 Å². The first-order chi connectivity index (χ1) is 19.1. The zero-order chi connectivity index (χ0) is 27.5. The summed E-state index contributed by atoms with van der Waals surface area (Å²) in [5.41, 5.74) is 5.40. The lowest BCUT2D eigenvalue weighted by Crippen LogP contribution is -2.27. The monoisotopic (exact) mass is 521 g/mol. The summed E-state index contributed by atoms with van der Waals surface area (Å²) in [7, 11) is 0. The van der Waals surface area contributed by atoms with Crippen molar-refractivity contribution in [1.82, 2.24) is 14.9 Å². The number of nitrogens with zero attached hydrogens (tertiary/aromatic N) is 4. The van der Waals surface area contributed by atoms with E-state index < -0.39 is 0 Å². The number of anilines is 2. The number of hydrogen-bond donors (Lipinski definition) is 1. The van der Waals surface area contributed by atoms with Crippen LogP contribution in [0.5, 0.6) is 11.5 Å². The first kappa shape index (κ1) is 27.6. The van der Waals surface area contributed by atoms with E-state index in [1.54, 1.807) is 0 Å². The van der Waals surface area contributed by atoms with E-state index in [1.165, 1.54) is 0 Å². The maximum Gasteiger partial charge on any atom is 0.227 e. The molecular weight excluding hydrogens is 486 g/mol. The molecule has 0 amide bonds. The molecule has 0 saturated carbocycles. The minimum Gasteiger partial charge on any atom is -0.493 e. The van der Waals surface area contributed by atoms with E-state index in [-0.39, 0.29) is 0 Å². The number of aromatic nitrogens is 2. The van der Waals surface area contributed by atoms with Crippen LogP contribution < -0.4 is 14.8 Å². The van der Waals surface area contributed by atoms with Gasteiger partial charge in [-0.2, -0.15) is 5.26 Å². The van der Waals surface area contributed by atoms with Crippen molar-refractivity contribution in [1.29, 1.82) is 5.26 Å². The molecule has 4 aromatic rings. The van der Waals surface area contributed by atoms with Gasteiger partial charge >= 0.3 is 0 Å². The lowest BCUT2D eigenvalue weighted by atomic mass is 10.1. The quantitative estimate of drug-likeness (QED) is 0.218. The average molecular weight is 522 g/mol. The van der Waals surface area contributed by atoms with E-state index >= 15 is 0 Å². The second-order valence-corrected chi connectivity index (χ2v) is 9.17. The second kappa shape index (κ2) is 13.9. The lowest BCUT2D eigenvalue weighted by molar-refractivity contribution is 0.223. The minimum absolute atomic E-state index is 0.544. The smallest absolute Gasteiger partial charge is 0.227 e. The number of ether oxygens (including phenoxy) is 2. The van der Waals surface area contributed by atoms with Gasteiger partial charge in [-0.15, -0.1) is 0 Å². The van der Waals surface area contributed by atoms with E-state index in [0.717, 1.165) is 65.8 Å². The molecule has 0 radical (unpaired) electrons. The van der Waals surface area contributed by atoms with E-state index in [1.807, 2.05) is 85.8 Å². The molecule has 0 saturated heterocycles. The van der Waals surface area contributed by atoms with Crippen LogP contribution in [0.25, 0.3) is 11.3 Å². The summed E-state index contributed by atoms with van der Waals surface area (Å²) >= 11 is 0. The number of nitriles is 1. The van der Waals surface area contributed by atoms with Crippen molar-refractivity contribution >= 4 is 11.6 Å². The highest BCUT2D eigenvalue weighted by Crippen LogP contribution is 2.24. The number of hydrogen-bond acceptors (Lipinski definition) is 7. The van der Waals surface area contributed by atoms with Crippen molar-refractivity contribution in [3.05, 3.63) is 95.7 Å². The molecule has 1 N–H and O–H groups in total. The zero-order valence-electron chi connectivity index (χ0n) is 22.9. The Hall–Kier alpha value is -4.41. The van der Waals surface area contributed by atoms with Crippen molar-refractivity contribution in [3.63, 3.8) is 0 Å². The third-order valence-corrected chi connectivity index (χ3v) is 6.43. The molecular formula is C32H35N5O2. The van der Waals surface area contributed by atoms with Gasteiger partial charge < -0.3 is 19.7 Å². The van der Waals surface area contributed by atoms with Gasteiger partial charge in [0, 0.05) is 29.9 Å². The minimum atomic E-state index is 0.544.